The summed E-state index contributed by atoms with van der Waals surface area (Å²) < 4.78 is 10.3. The Balaban J connectivity index is 1.46. The van der Waals surface area contributed by atoms with Gasteiger partial charge in [-0.1, -0.05) is 12.1 Å². The van der Waals surface area contributed by atoms with Crippen LogP contribution in [0.15, 0.2) is 48.5 Å². The second-order valence-corrected chi connectivity index (χ2v) is 6.06. The molecule has 0 atom stereocenters. The van der Waals surface area contributed by atoms with Crippen LogP contribution in [0.4, 0.5) is 17.1 Å². The first kappa shape index (κ1) is 19.8. The number of hydrogen-bond acceptors (Lipinski definition) is 7. The zero-order valence-corrected chi connectivity index (χ0v) is 15.2. The first-order valence-electron chi connectivity index (χ1n) is 8.66. The summed E-state index contributed by atoms with van der Waals surface area (Å²) in [4.78, 5) is 47.3. The number of nitrogens with zero attached hydrogens (tertiary/aromatic N) is 2. The molecule has 2 aromatic rings. The topological polar surface area (TPSA) is 128 Å². The van der Waals surface area contributed by atoms with Gasteiger partial charge in [0.1, 0.15) is 5.75 Å². The number of ether oxygens (including phenoxy) is 2. The number of nitrogens with one attached hydrogen (secondary N) is 1. The highest BCUT2D eigenvalue weighted by atomic mass is 16.6. The Morgan fingerprint density at radius 2 is 1.90 bits per heavy atom. The molecule has 29 heavy (non-hydrogen) atoms. The van der Waals surface area contributed by atoms with Crippen LogP contribution in [0.1, 0.15) is 6.42 Å². The van der Waals surface area contributed by atoms with Crippen LogP contribution in [-0.2, 0) is 19.1 Å². The van der Waals surface area contributed by atoms with Crippen molar-refractivity contribution in [3.8, 4) is 5.75 Å². The van der Waals surface area contributed by atoms with E-state index in [1.165, 1.54) is 29.2 Å². The first-order valence-corrected chi connectivity index (χ1v) is 8.66. The maximum absolute atomic E-state index is 12.0. The van der Waals surface area contributed by atoms with Crippen LogP contribution >= 0.6 is 0 Å². The van der Waals surface area contributed by atoms with Gasteiger partial charge in [-0.05, 0) is 24.3 Å². The highest BCUT2D eigenvalue weighted by molar-refractivity contribution is 5.98. The van der Waals surface area contributed by atoms with Crippen molar-refractivity contribution in [2.75, 3.05) is 30.0 Å². The third-order valence-electron chi connectivity index (χ3n) is 4.07. The minimum atomic E-state index is -0.638. The Bertz CT molecular complexity index is 943. The zero-order valence-electron chi connectivity index (χ0n) is 15.2. The summed E-state index contributed by atoms with van der Waals surface area (Å²) in [7, 11) is 0. The van der Waals surface area contributed by atoms with E-state index in [0.29, 0.717) is 17.1 Å². The number of amides is 2. The minimum Gasteiger partial charge on any atom is -0.482 e. The van der Waals surface area contributed by atoms with Crippen LogP contribution in [0.3, 0.4) is 0 Å². The van der Waals surface area contributed by atoms with Gasteiger partial charge in [0.2, 0.25) is 0 Å². The summed E-state index contributed by atoms with van der Waals surface area (Å²) in [5.41, 5.74) is 0.813. The lowest BCUT2D eigenvalue weighted by atomic mass is 10.2. The van der Waals surface area contributed by atoms with Crippen molar-refractivity contribution in [1.29, 1.82) is 0 Å². The summed E-state index contributed by atoms with van der Waals surface area (Å²) in [6, 6.07) is 12.2. The van der Waals surface area contributed by atoms with Gasteiger partial charge in [0.05, 0.1) is 17.0 Å². The van der Waals surface area contributed by atoms with E-state index < -0.39 is 23.4 Å². The lowest BCUT2D eigenvalue weighted by molar-refractivity contribution is -0.384. The van der Waals surface area contributed by atoms with Gasteiger partial charge in [0.15, 0.2) is 13.2 Å². The van der Waals surface area contributed by atoms with Gasteiger partial charge >= 0.3 is 5.97 Å². The van der Waals surface area contributed by atoms with Crippen molar-refractivity contribution in [1.82, 2.24) is 0 Å². The molecule has 0 fully saturated rings. The van der Waals surface area contributed by atoms with Gasteiger partial charge in [-0.3, -0.25) is 24.5 Å². The van der Waals surface area contributed by atoms with E-state index in [2.05, 4.69) is 5.32 Å². The Kier molecular flexibility index (Phi) is 6.03. The molecule has 2 amide bonds. The van der Waals surface area contributed by atoms with Gasteiger partial charge in [0.25, 0.3) is 17.5 Å². The number of carbonyl (C=O) groups excluding carboxylic acids is 3. The number of benzene rings is 2. The second kappa shape index (κ2) is 8.83. The predicted molar refractivity (Wildman–Crippen MR) is 102 cm³/mol. The van der Waals surface area contributed by atoms with Gasteiger partial charge in [0, 0.05) is 24.4 Å². The lowest BCUT2D eigenvalue weighted by Gasteiger charge is -2.28. The number of hydrogen-bond donors (Lipinski definition) is 1. The van der Waals surface area contributed by atoms with Crippen LogP contribution < -0.4 is 15.0 Å². The number of nitro benzene ring substituents is 1. The third kappa shape index (κ3) is 5.06. The highest BCUT2D eigenvalue weighted by Gasteiger charge is 2.25. The molecule has 10 heteroatoms. The molecule has 1 aliphatic rings. The molecule has 0 unspecified atom stereocenters. The number of esters is 1. The second-order valence-electron chi connectivity index (χ2n) is 6.06. The zero-order chi connectivity index (χ0) is 20.8. The van der Waals surface area contributed by atoms with Crippen LogP contribution in [0.25, 0.3) is 0 Å². The molecular formula is C19H17N3O7. The van der Waals surface area contributed by atoms with E-state index in [1.807, 2.05) is 0 Å². The smallest absolute Gasteiger partial charge is 0.308 e. The van der Waals surface area contributed by atoms with E-state index in [4.69, 9.17) is 9.47 Å². The summed E-state index contributed by atoms with van der Waals surface area (Å²) in [6.45, 7) is -0.519. The van der Waals surface area contributed by atoms with Crippen LogP contribution in [-0.4, -0.2) is 42.5 Å². The monoisotopic (exact) mass is 399 g/mol. The number of para-hydroxylation sites is 2. The maximum Gasteiger partial charge on any atom is 0.308 e. The van der Waals surface area contributed by atoms with E-state index in [1.54, 1.807) is 24.3 Å². The van der Waals surface area contributed by atoms with Crippen molar-refractivity contribution in [2.45, 2.75) is 6.42 Å². The van der Waals surface area contributed by atoms with Crippen molar-refractivity contribution in [3.05, 3.63) is 58.6 Å². The van der Waals surface area contributed by atoms with E-state index in [0.717, 1.165) is 0 Å². The van der Waals surface area contributed by atoms with Gasteiger partial charge < -0.3 is 19.7 Å². The Hall–Kier alpha value is -3.95. The molecule has 1 aliphatic heterocycles. The molecule has 1 heterocycles. The molecule has 0 bridgehead atoms. The summed E-state index contributed by atoms with van der Waals surface area (Å²) in [5.74, 6) is -0.934. The quantitative estimate of drug-likeness (QED) is 0.428. The Labute approximate surface area is 165 Å². The fourth-order valence-electron chi connectivity index (χ4n) is 2.68. The molecule has 0 spiro atoms. The number of non-ortho nitro benzene ring substituents is 1. The van der Waals surface area contributed by atoms with E-state index >= 15 is 0 Å². The van der Waals surface area contributed by atoms with Crippen LogP contribution in [0.5, 0.6) is 5.75 Å². The normalized spacial score (nSPS) is 12.6. The van der Waals surface area contributed by atoms with Crippen molar-refractivity contribution in [3.63, 3.8) is 0 Å². The molecule has 2 aromatic carbocycles. The van der Waals surface area contributed by atoms with Crippen molar-refractivity contribution >= 4 is 34.8 Å². The minimum absolute atomic E-state index is 0.0924. The number of rotatable bonds is 7. The van der Waals surface area contributed by atoms with E-state index in [9.17, 15) is 24.5 Å². The molecule has 150 valence electrons. The van der Waals surface area contributed by atoms with Gasteiger partial charge in [-0.25, -0.2) is 0 Å². The fraction of sp³-hybridized carbons (Fsp3) is 0.211. The van der Waals surface area contributed by atoms with Crippen LogP contribution in [0, 0.1) is 10.1 Å². The maximum atomic E-state index is 12.0. The van der Waals surface area contributed by atoms with Crippen molar-refractivity contribution in [2.24, 2.45) is 0 Å². The first-order chi connectivity index (χ1) is 13.9. The summed E-state index contributed by atoms with van der Waals surface area (Å²) in [6.07, 6.45) is -0.0924. The average Bonchev–Trinajstić information content (AvgIpc) is 2.72. The number of fused-ring (bicyclic) bond motifs is 1. The molecule has 0 saturated carbocycles. The van der Waals surface area contributed by atoms with Crippen molar-refractivity contribution < 1.29 is 28.8 Å². The predicted octanol–water partition coefficient (Wildman–Crippen LogP) is 1.89. The molecule has 0 aromatic heterocycles. The van der Waals surface area contributed by atoms with Gasteiger partial charge in [-0.15, -0.1) is 0 Å². The number of nitro groups is 1. The third-order valence-corrected chi connectivity index (χ3v) is 4.07. The van der Waals surface area contributed by atoms with Gasteiger partial charge in [-0.2, -0.15) is 0 Å². The summed E-state index contributed by atoms with van der Waals surface area (Å²) >= 11 is 0. The fourth-order valence-corrected chi connectivity index (χ4v) is 2.68. The molecule has 0 aliphatic carbocycles. The lowest BCUT2D eigenvalue weighted by Crippen LogP contribution is -2.40. The molecule has 0 radical (unpaired) electrons. The number of anilines is 2. The molecule has 1 N–H and O–H groups in total. The van der Waals surface area contributed by atoms with E-state index in [-0.39, 0.29) is 31.2 Å². The molecular weight excluding hydrogens is 382 g/mol. The SMILES string of the molecule is O=C(COC(=O)CCN1C(=O)COc2ccccc21)Nc1ccc([N+](=O)[O-])cc1. The Morgan fingerprint density at radius 1 is 1.17 bits per heavy atom. The molecule has 0 saturated heterocycles. The number of carbonyl (C=O) groups is 3. The summed E-state index contributed by atoms with van der Waals surface area (Å²) in [5, 5.41) is 13.1. The largest absolute Gasteiger partial charge is 0.482 e. The molecule has 3 rings (SSSR count). The highest BCUT2D eigenvalue weighted by Crippen LogP contribution is 2.31. The van der Waals surface area contributed by atoms with Crippen LogP contribution in [0.2, 0.25) is 0 Å². The average molecular weight is 399 g/mol. The standard InChI is InChI=1S/C19H17N3O7/c23-17(20-13-5-7-14(8-6-13)22(26)27)11-29-19(25)9-10-21-15-3-1-2-4-16(15)28-12-18(21)24/h1-8H,9-12H2,(H,20,23). The Morgan fingerprint density at radius 3 is 2.62 bits per heavy atom. The molecule has 10 nitrogen and oxygen atoms in total.